The number of nitrogens with one attached hydrogen (secondary N) is 1. The SMILES string of the molecule is CCCCC/C=C/C=C/CCCCCCCC(O)C(=O)NC(COC1OC(CO)C(O)C(O)C1OC(=O)CCCCCCCCCCCCCCCCCCCCCCCCCCC)C(O)/C=C/CCCCCCCCCCCCC. The molecule has 8 unspecified atom stereocenters. The van der Waals surface area contributed by atoms with Crippen LogP contribution < -0.4 is 5.32 Å². The molecular weight excluding hydrogens is 1010 g/mol. The molecule has 8 atom stereocenters. The van der Waals surface area contributed by atoms with E-state index in [4.69, 9.17) is 14.2 Å². The molecule has 11 heteroatoms. The van der Waals surface area contributed by atoms with Crippen LogP contribution in [0, 0.1) is 0 Å². The lowest BCUT2D eigenvalue weighted by atomic mass is 9.99. The van der Waals surface area contributed by atoms with E-state index in [1.807, 2.05) is 6.08 Å². The van der Waals surface area contributed by atoms with Gasteiger partial charge in [-0.3, -0.25) is 9.59 Å². The Hall–Kier alpha value is -2.12. The first kappa shape index (κ1) is 76.9. The Morgan fingerprint density at radius 2 is 0.840 bits per heavy atom. The molecule has 476 valence electrons. The molecule has 6 N–H and O–H groups in total. The first-order valence-corrected chi connectivity index (χ1v) is 34.8. The molecule has 0 aromatic carbocycles. The third-order valence-electron chi connectivity index (χ3n) is 16.6. The molecule has 11 nitrogen and oxygen atoms in total. The number of amides is 1. The zero-order valence-corrected chi connectivity index (χ0v) is 52.9. The van der Waals surface area contributed by atoms with Crippen molar-refractivity contribution in [3.8, 4) is 0 Å². The number of hydrogen-bond donors (Lipinski definition) is 6. The number of hydrogen-bond acceptors (Lipinski definition) is 10. The van der Waals surface area contributed by atoms with Gasteiger partial charge in [-0.05, 0) is 51.4 Å². The van der Waals surface area contributed by atoms with Crippen LogP contribution in [-0.2, 0) is 23.8 Å². The summed E-state index contributed by atoms with van der Waals surface area (Å²) in [7, 11) is 0. The highest BCUT2D eigenvalue weighted by Gasteiger charge is 2.47. The molecule has 1 amide bonds. The van der Waals surface area contributed by atoms with Crippen LogP contribution >= 0.6 is 0 Å². The van der Waals surface area contributed by atoms with Gasteiger partial charge in [-0.25, -0.2) is 0 Å². The van der Waals surface area contributed by atoms with Gasteiger partial charge in [0, 0.05) is 6.42 Å². The van der Waals surface area contributed by atoms with Crippen molar-refractivity contribution in [2.75, 3.05) is 13.2 Å². The number of esters is 1. The first-order valence-electron chi connectivity index (χ1n) is 34.8. The Bertz CT molecular complexity index is 1460. The molecule has 81 heavy (non-hydrogen) atoms. The second kappa shape index (κ2) is 58.3. The molecule has 1 rings (SSSR count). The molecule has 0 radical (unpaired) electrons. The molecule has 0 aromatic heterocycles. The molecule has 1 fully saturated rings. The number of aliphatic hydroxyl groups excluding tert-OH is 5. The number of ether oxygens (including phenoxy) is 3. The van der Waals surface area contributed by atoms with Crippen LogP contribution in [0.1, 0.15) is 335 Å². The van der Waals surface area contributed by atoms with Gasteiger partial charge in [0.25, 0.3) is 0 Å². The second-order valence-corrected chi connectivity index (χ2v) is 24.3. The van der Waals surface area contributed by atoms with Crippen LogP contribution in [0.25, 0.3) is 0 Å². The van der Waals surface area contributed by atoms with Gasteiger partial charge >= 0.3 is 5.97 Å². The maximum Gasteiger partial charge on any atom is 0.306 e. The lowest BCUT2D eigenvalue weighted by Gasteiger charge is -2.41. The van der Waals surface area contributed by atoms with Crippen LogP contribution in [-0.4, -0.2) is 99.6 Å². The zero-order valence-electron chi connectivity index (χ0n) is 52.9. The quantitative estimate of drug-likeness (QED) is 0.0149. The number of carbonyl (C=O) groups excluding carboxylic acids is 2. The summed E-state index contributed by atoms with van der Waals surface area (Å²) in [5.41, 5.74) is 0. The van der Waals surface area contributed by atoms with Crippen LogP contribution in [0.15, 0.2) is 36.5 Å². The third-order valence-corrected chi connectivity index (χ3v) is 16.6. The van der Waals surface area contributed by atoms with E-state index in [0.717, 1.165) is 77.0 Å². The third kappa shape index (κ3) is 45.9. The fourth-order valence-corrected chi connectivity index (χ4v) is 11.1. The topological polar surface area (TPSA) is 175 Å². The fraction of sp³-hybridized carbons (Fsp3) is 0.886. The van der Waals surface area contributed by atoms with Crippen molar-refractivity contribution >= 4 is 11.9 Å². The van der Waals surface area contributed by atoms with Gasteiger partial charge in [0.15, 0.2) is 12.4 Å². The maximum atomic E-state index is 13.4. The number of rotatable bonds is 60. The highest BCUT2D eigenvalue weighted by Crippen LogP contribution is 2.26. The number of unbranched alkanes of at least 4 members (excludes halogenated alkanes) is 43. The molecule has 1 aliphatic heterocycles. The number of allylic oxidation sites excluding steroid dienone is 5. The molecule has 0 bridgehead atoms. The second-order valence-electron chi connectivity index (χ2n) is 24.3. The molecule has 0 spiro atoms. The molecule has 1 heterocycles. The van der Waals surface area contributed by atoms with Crippen LogP contribution in [0.5, 0.6) is 0 Å². The Balaban J connectivity index is 2.56. The summed E-state index contributed by atoms with van der Waals surface area (Å²) in [6.45, 7) is 5.80. The molecule has 1 saturated heterocycles. The summed E-state index contributed by atoms with van der Waals surface area (Å²) in [5.74, 6) is -1.19. The van der Waals surface area contributed by atoms with E-state index in [1.165, 1.54) is 212 Å². The predicted molar refractivity (Wildman–Crippen MR) is 338 cm³/mol. The van der Waals surface area contributed by atoms with Crippen LogP contribution in [0.4, 0.5) is 0 Å². The molecular formula is C70H131NO10. The van der Waals surface area contributed by atoms with Crippen LogP contribution in [0.3, 0.4) is 0 Å². The van der Waals surface area contributed by atoms with Gasteiger partial charge in [-0.1, -0.05) is 314 Å². The Labute approximate surface area is 498 Å². The summed E-state index contributed by atoms with van der Waals surface area (Å²) < 4.78 is 17.7. The highest BCUT2D eigenvalue weighted by atomic mass is 16.7. The predicted octanol–water partition coefficient (Wildman–Crippen LogP) is 17.4. The smallest absolute Gasteiger partial charge is 0.306 e. The summed E-state index contributed by atoms with van der Waals surface area (Å²) in [5, 5.41) is 57.1. The van der Waals surface area contributed by atoms with Gasteiger partial charge in [0.05, 0.1) is 25.4 Å². The van der Waals surface area contributed by atoms with E-state index in [1.54, 1.807) is 6.08 Å². The van der Waals surface area contributed by atoms with E-state index in [9.17, 15) is 35.1 Å². The zero-order chi connectivity index (χ0) is 58.9. The monoisotopic (exact) mass is 1150 g/mol. The summed E-state index contributed by atoms with van der Waals surface area (Å²) in [4.78, 5) is 26.6. The lowest BCUT2D eigenvalue weighted by molar-refractivity contribution is -0.305. The highest BCUT2D eigenvalue weighted by molar-refractivity contribution is 5.80. The van der Waals surface area contributed by atoms with Crippen LogP contribution in [0.2, 0.25) is 0 Å². The van der Waals surface area contributed by atoms with Gasteiger partial charge in [-0.2, -0.15) is 0 Å². The normalized spacial score (nSPS) is 18.8. The van der Waals surface area contributed by atoms with Gasteiger partial charge < -0.3 is 45.1 Å². The molecule has 1 aliphatic rings. The first-order chi connectivity index (χ1) is 39.7. The minimum absolute atomic E-state index is 0.127. The van der Waals surface area contributed by atoms with Gasteiger partial charge in [-0.15, -0.1) is 0 Å². The van der Waals surface area contributed by atoms with Crippen molar-refractivity contribution in [3.63, 3.8) is 0 Å². The number of aliphatic hydroxyl groups is 5. The summed E-state index contributed by atoms with van der Waals surface area (Å²) in [6.07, 6.45) is 60.5. The van der Waals surface area contributed by atoms with E-state index >= 15 is 0 Å². The Kier molecular flexibility index (Phi) is 55.3. The van der Waals surface area contributed by atoms with E-state index in [0.29, 0.717) is 12.8 Å². The average molecular weight is 1150 g/mol. The Morgan fingerprint density at radius 3 is 1.26 bits per heavy atom. The van der Waals surface area contributed by atoms with Crippen molar-refractivity contribution in [2.24, 2.45) is 0 Å². The molecule has 0 aromatic rings. The van der Waals surface area contributed by atoms with Crippen molar-refractivity contribution < 1.29 is 49.3 Å². The lowest BCUT2D eigenvalue weighted by Crippen LogP contribution is -2.61. The number of carbonyl (C=O) groups is 2. The standard InChI is InChI=1S/C70H131NO10/c1-4-7-10-13-16-19-22-25-27-28-29-30-31-32-33-34-35-36-37-40-43-46-49-52-55-58-65(75)81-68-67(77)66(76)64(59-72)80-70(68)79-60-61(62(73)56-53-50-47-44-41-38-24-21-18-15-12-9-6-3)71-69(78)63(74)57-54-51-48-45-42-39-26-23-20-17-14-11-8-5-2/h17,20,23,26,53,56,61-64,66-68,70,72-74,76-77H,4-16,18-19,21-22,24-25,27-52,54-55,57-60H2,1-3H3,(H,71,78)/b20-17+,26-23+,56-53+. The summed E-state index contributed by atoms with van der Waals surface area (Å²) in [6, 6.07) is -1.03. The van der Waals surface area contributed by atoms with Crippen molar-refractivity contribution in [1.82, 2.24) is 5.32 Å². The van der Waals surface area contributed by atoms with Gasteiger partial charge in [0.2, 0.25) is 5.91 Å². The average Bonchev–Trinajstić information content (AvgIpc) is 3.46. The largest absolute Gasteiger partial charge is 0.454 e. The van der Waals surface area contributed by atoms with Crippen molar-refractivity contribution in [2.45, 2.75) is 384 Å². The fourth-order valence-electron chi connectivity index (χ4n) is 11.1. The minimum Gasteiger partial charge on any atom is -0.454 e. The van der Waals surface area contributed by atoms with Crippen molar-refractivity contribution in [1.29, 1.82) is 0 Å². The molecule has 0 saturated carbocycles. The molecule has 0 aliphatic carbocycles. The maximum absolute atomic E-state index is 13.4. The van der Waals surface area contributed by atoms with Gasteiger partial charge in [0.1, 0.15) is 24.4 Å². The van der Waals surface area contributed by atoms with E-state index in [2.05, 4.69) is 50.4 Å². The van der Waals surface area contributed by atoms with E-state index in [-0.39, 0.29) is 19.4 Å². The Morgan fingerprint density at radius 1 is 0.481 bits per heavy atom. The summed E-state index contributed by atoms with van der Waals surface area (Å²) >= 11 is 0. The van der Waals surface area contributed by atoms with E-state index < -0.39 is 67.4 Å². The van der Waals surface area contributed by atoms with Crippen molar-refractivity contribution in [3.05, 3.63) is 36.5 Å². The minimum atomic E-state index is -1.61.